The van der Waals surface area contributed by atoms with Gasteiger partial charge in [-0.1, -0.05) is 5.16 Å². The molecular formula is C21H21N3O6S. The van der Waals surface area contributed by atoms with Crippen LogP contribution in [-0.2, 0) is 10.0 Å². The summed E-state index contributed by atoms with van der Waals surface area (Å²) >= 11 is 0. The van der Waals surface area contributed by atoms with E-state index in [0.29, 0.717) is 23.1 Å². The monoisotopic (exact) mass is 443 g/mol. The van der Waals surface area contributed by atoms with E-state index in [1.54, 1.807) is 36.4 Å². The van der Waals surface area contributed by atoms with Gasteiger partial charge in [-0.3, -0.25) is 9.52 Å². The van der Waals surface area contributed by atoms with Crippen molar-refractivity contribution >= 4 is 27.3 Å². The van der Waals surface area contributed by atoms with Gasteiger partial charge < -0.3 is 19.3 Å². The van der Waals surface area contributed by atoms with Crippen LogP contribution in [0.3, 0.4) is 0 Å². The topological polar surface area (TPSA) is 120 Å². The number of nitrogens with one attached hydrogen (secondary N) is 2. The number of benzene rings is 2. The zero-order valence-corrected chi connectivity index (χ0v) is 17.7. The van der Waals surface area contributed by atoms with Crippen molar-refractivity contribution < 1.29 is 27.2 Å². The summed E-state index contributed by atoms with van der Waals surface area (Å²) in [6.07, 6.45) is 2.05. The maximum absolute atomic E-state index is 13.0. The summed E-state index contributed by atoms with van der Waals surface area (Å²) in [5, 5.41) is 6.44. The van der Waals surface area contributed by atoms with Gasteiger partial charge in [0, 0.05) is 23.4 Å². The van der Waals surface area contributed by atoms with Crippen molar-refractivity contribution in [3.8, 4) is 11.5 Å². The molecule has 1 aliphatic carbocycles. The zero-order valence-electron chi connectivity index (χ0n) is 16.9. The second kappa shape index (κ2) is 8.31. The third-order valence-corrected chi connectivity index (χ3v) is 6.20. The average Bonchev–Trinajstić information content (AvgIpc) is 3.50. The van der Waals surface area contributed by atoms with Crippen LogP contribution in [0, 0.1) is 0 Å². The largest absolute Gasteiger partial charge is 0.497 e. The van der Waals surface area contributed by atoms with Crippen molar-refractivity contribution in [1.82, 2.24) is 5.16 Å². The number of anilines is 2. The molecule has 2 aromatic carbocycles. The van der Waals surface area contributed by atoms with Crippen LogP contribution in [0.4, 0.5) is 11.4 Å². The molecule has 0 unspecified atom stereocenters. The fourth-order valence-corrected chi connectivity index (χ4v) is 4.24. The first-order chi connectivity index (χ1) is 14.9. The SMILES string of the molecule is COc1ccc(NS(=O)(=O)c2cc(NC(=O)c3cc(C4CC4)on3)ccc2OC)cc1. The summed E-state index contributed by atoms with van der Waals surface area (Å²) in [6.45, 7) is 0. The molecule has 1 fully saturated rings. The Kier molecular flexibility index (Phi) is 5.55. The predicted octanol–water partition coefficient (Wildman–Crippen LogP) is 3.62. The molecule has 10 heteroatoms. The van der Waals surface area contributed by atoms with E-state index in [1.807, 2.05) is 0 Å². The highest BCUT2D eigenvalue weighted by molar-refractivity contribution is 7.92. The van der Waals surface area contributed by atoms with Gasteiger partial charge in [-0.15, -0.1) is 0 Å². The number of rotatable bonds is 8. The minimum atomic E-state index is -4.00. The Hall–Kier alpha value is -3.53. The van der Waals surface area contributed by atoms with Gasteiger partial charge in [0.25, 0.3) is 15.9 Å². The third-order valence-electron chi connectivity index (χ3n) is 4.79. The van der Waals surface area contributed by atoms with Crippen LogP contribution >= 0.6 is 0 Å². The lowest BCUT2D eigenvalue weighted by Gasteiger charge is -2.13. The Labute approximate surface area is 179 Å². The predicted molar refractivity (Wildman–Crippen MR) is 113 cm³/mol. The lowest BCUT2D eigenvalue weighted by Crippen LogP contribution is -2.16. The zero-order chi connectivity index (χ0) is 22.0. The van der Waals surface area contributed by atoms with Gasteiger partial charge in [0.2, 0.25) is 0 Å². The van der Waals surface area contributed by atoms with Crippen LogP contribution in [0.5, 0.6) is 11.5 Å². The average molecular weight is 443 g/mol. The molecule has 0 bridgehead atoms. The van der Waals surface area contributed by atoms with E-state index in [1.165, 1.54) is 26.4 Å². The van der Waals surface area contributed by atoms with E-state index in [2.05, 4.69) is 15.2 Å². The number of amides is 1. The van der Waals surface area contributed by atoms with Gasteiger partial charge in [-0.2, -0.15) is 0 Å². The lowest BCUT2D eigenvalue weighted by molar-refractivity contribution is 0.101. The maximum Gasteiger partial charge on any atom is 0.277 e. The number of nitrogens with zero attached hydrogens (tertiary/aromatic N) is 1. The fraction of sp³-hybridized carbons (Fsp3) is 0.238. The van der Waals surface area contributed by atoms with Crippen molar-refractivity contribution in [3.05, 3.63) is 60.0 Å². The molecule has 1 saturated carbocycles. The van der Waals surface area contributed by atoms with E-state index in [9.17, 15) is 13.2 Å². The van der Waals surface area contributed by atoms with Crippen LogP contribution in [0.2, 0.25) is 0 Å². The van der Waals surface area contributed by atoms with Gasteiger partial charge >= 0.3 is 0 Å². The second-order valence-corrected chi connectivity index (χ2v) is 8.69. The molecular weight excluding hydrogens is 422 g/mol. The number of sulfonamides is 1. The van der Waals surface area contributed by atoms with Crippen molar-refractivity contribution in [2.75, 3.05) is 24.3 Å². The minimum absolute atomic E-state index is 0.123. The number of hydrogen-bond donors (Lipinski definition) is 2. The van der Waals surface area contributed by atoms with Crippen LogP contribution in [0.25, 0.3) is 0 Å². The van der Waals surface area contributed by atoms with Crippen LogP contribution in [-0.4, -0.2) is 33.7 Å². The maximum atomic E-state index is 13.0. The van der Waals surface area contributed by atoms with Gasteiger partial charge in [0.1, 0.15) is 22.2 Å². The fourth-order valence-electron chi connectivity index (χ4n) is 2.99. The molecule has 162 valence electrons. The summed E-state index contributed by atoms with van der Waals surface area (Å²) < 4.78 is 43.9. The van der Waals surface area contributed by atoms with E-state index < -0.39 is 15.9 Å². The summed E-state index contributed by atoms with van der Waals surface area (Å²) in [5.41, 5.74) is 0.767. The Morgan fingerprint density at radius 1 is 1.03 bits per heavy atom. The molecule has 1 aliphatic rings. The first kappa shape index (κ1) is 20.7. The standard InChI is InChI=1S/C21H21N3O6S/c1-28-16-8-5-14(6-9-16)24-31(26,27)20-11-15(7-10-18(20)29-2)22-21(25)17-12-19(30-23-17)13-3-4-13/h5-13,24H,3-4H2,1-2H3,(H,22,25). The Morgan fingerprint density at radius 3 is 2.39 bits per heavy atom. The van der Waals surface area contributed by atoms with E-state index in [0.717, 1.165) is 12.8 Å². The number of carbonyl (C=O) groups is 1. The summed E-state index contributed by atoms with van der Waals surface area (Å²) in [7, 11) is -1.11. The Balaban J connectivity index is 1.56. The molecule has 4 rings (SSSR count). The molecule has 0 atom stereocenters. The van der Waals surface area contributed by atoms with Crippen LogP contribution < -0.4 is 19.5 Å². The van der Waals surface area contributed by atoms with Crippen LogP contribution in [0.15, 0.2) is 57.9 Å². The molecule has 31 heavy (non-hydrogen) atoms. The lowest BCUT2D eigenvalue weighted by atomic mass is 10.2. The van der Waals surface area contributed by atoms with Gasteiger partial charge in [0.15, 0.2) is 5.69 Å². The molecule has 9 nitrogen and oxygen atoms in total. The summed E-state index contributed by atoms with van der Waals surface area (Å²) in [4.78, 5) is 12.4. The normalized spacial score (nSPS) is 13.5. The highest BCUT2D eigenvalue weighted by Crippen LogP contribution is 2.40. The first-order valence-corrected chi connectivity index (χ1v) is 11.0. The van der Waals surface area contributed by atoms with Crippen molar-refractivity contribution in [2.24, 2.45) is 0 Å². The van der Waals surface area contributed by atoms with Gasteiger partial charge in [-0.25, -0.2) is 8.42 Å². The van der Waals surface area contributed by atoms with E-state index >= 15 is 0 Å². The quantitative estimate of drug-likeness (QED) is 0.545. The number of hydrogen-bond acceptors (Lipinski definition) is 7. The third kappa shape index (κ3) is 4.64. The van der Waals surface area contributed by atoms with Crippen molar-refractivity contribution in [1.29, 1.82) is 0 Å². The molecule has 0 saturated heterocycles. The Morgan fingerprint density at radius 2 is 1.74 bits per heavy atom. The molecule has 2 N–H and O–H groups in total. The minimum Gasteiger partial charge on any atom is -0.497 e. The Bertz CT molecular complexity index is 1200. The molecule has 1 heterocycles. The van der Waals surface area contributed by atoms with Gasteiger partial charge in [0.05, 0.1) is 14.2 Å². The molecule has 3 aromatic rings. The summed E-state index contributed by atoms with van der Waals surface area (Å²) in [5.74, 6) is 1.26. The van der Waals surface area contributed by atoms with E-state index in [4.69, 9.17) is 14.0 Å². The van der Waals surface area contributed by atoms with Crippen molar-refractivity contribution in [3.63, 3.8) is 0 Å². The van der Waals surface area contributed by atoms with Crippen molar-refractivity contribution in [2.45, 2.75) is 23.7 Å². The highest BCUT2D eigenvalue weighted by Gasteiger charge is 2.29. The highest BCUT2D eigenvalue weighted by atomic mass is 32.2. The number of carbonyl (C=O) groups excluding carboxylic acids is 1. The van der Waals surface area contributed by atoms with E-state index in [-0.39, 0.29) is 22.0 Å². The molecule has 1 amide bonds. The van der Waals surface area contributed by atoms with Gasteiger partial charge in [-0.05, 0) is 55.3 Å². The number of ether oxygens (including phenoxy) is 2. The first-order valence-electron chi connectivity index (χ1n) is 9.52. The number of methoxy groups -OCH3 is 2. The molecule has 0 aliphatic heterocycles. The molecule has 1 aromatic heterocycles. The summed E-state index contributed by atoms with van der Waals surface area (Å²) in [6, 6.07) is 12.4. The molecule has 0 spiro atoms. The molecule has 0 radical (unpaired) electrons. The second-order valence-electron chi connectivity index (χ2n) is 7.04. The smallest absolute Gasteiger partial charge is 0.277 e. The number of aromatic nitrogens is 1. The van der Waals surface area contributed by atoms with Crippen LogP contribution in [0.1, 0.15) is 35.0 Å².